The highest BCUT2D eigenvalue weighted by Gasteiger charge is 2.52. The fourth-order valence-electron chi connectivity index (χ4n) is 3.34. The van der Waals surface area contributed by atoms with Crippen LogP contribution in [-0.4, -0.2) is 52.4 Å². The van der Waals surface area contributed by atoms with Crippen molar-refractivity contribution in [2.24, 2.45) is 5.84 Å². The Morgan fingerprint density at radius 1 is 1.41 bits per heavy atom. The minimum Gasteiger partial charge on any atom is -0.326 e. The van der Waals surface area contributed by atoms with Crippen molar-refractivity contribution >= 4 is 23.6 Å². The molecule has 1 aromatic rings. The monoisotopic (exact) mass is 320 g/mol. The van der Waals surface area contributed by atoms with E-state index in [4.69, 9.17) is 5.84 Å². The molecule has 0 radical (unpaired) electrons. The van der Waals surface area contributed by atoms with Crippen LogP contribution >= 0.6 is 11.8 Å². The van der Waals surface area contributed by atoms with Crippen LogP contribution in [-0.2, 0) is 15.1 Å². The Balaban J connectivity index is 2.00. The number of hydrogen-bond donors (Lipinski definition) is 2. The second-order valence-electron chi connectivity index (χ2n) is 5.75. The number of amides is 2. The third-order valence-corrected chi connectivity index (χ3v) is 6.01. The predicted molar refractivity (Wildman–Crippen MR) is 85.7 cm³/mol. The third kappa shape index (κ3) is 2.39. The van der Waals surface area contributed by atoms with E-state index in [1.165, 1.54) is 0 Å². The van der Waals surface area contributed by atoms with Gasteiger partial charge in [-0.1, -0.05) is 30.3 Å². The molecule has 0 bridgehead atoms. The van der Waals surface area contributed by atoms with Crippen molar-refractivity contribution in [1.82, 2.24) is 15.2 Å². The summed E-state index contributed by atoms with van der Waals surface area (Å²) in [4.78, 5) is 28.0. The number of benzene rings is 1. The number of carbonyl (C=O) groups excluding carboxylic acids is 2. The highest BCUT2D eigenvalue weighted by Crippen LogP contribution is 2.45. The van der Waals surface area contributed by atoms with E-state index in [0.717, 1.165) is 5.56 Å². The zero-order valence-electron chi connectivity index (χ0n) is 12.5. The molecule has 22 heavy (non-hydrogen) atoms. The van der Waals surface area contributed by atoms with Gasteiger partial charge in [-0.3, -0.25) is 19.9 Å². The molecule has 7 heteroatoms. The molecule has 2 heterocycles. The Bertz CT molecular complexity index is 582. The SMILES string of the molecule is C[C@]1(c2ccccc2)[C@@H]2SCC(=O)N2CCN1CC(=O)NN. The molecule has 2 aliphatic heterocycles. The second kappa shape index (κ2) is 5.91. The number of rotatable bonds is 3. The van der Waals surface area contributed by atoms with Crippen LogP contribution in [0.3, 0.4) is 0 Å². The van der Waals surface area contributed by atoms with Crippen molar-refractivity contribution in [3.63, 3.8) is 0 Å². The van der Waals surface area contributed by atoms with Gasteiger partial charge in [-0.15, -0.1) is 11.8 Å². The zero-order chi connectivity index (χ0) is 15.7. The molecule has 0 spiro atoms. The normalized spacial score (nSPS) is 28.5. The summed E-state index contributed by atoms with van der Waals surface area (Å²) in [6.07, 6.45) is 0. The molecule has 3 rings (SSSR count). The van der Waals surface area contributed by atoms with Crippen molar-refractivity contribution in [2.75, 3.05) is 25.4 Å². The fourth-order valence-corrected chi connectivity index (χ4v) is 4.82. The van der Waals surface area contributed by atoms with E-state index in [-0.39, 0.29) is 23.7 Å². The predicted octanol–water partition coefficient (Wildman–Crippen LogP) is 0.109. The molecule has 0 aliphatic carbocycles. The molecule has 1 aromatic carbocycles. The molecule has 2 fully saturated rings. The lowest BCUT2D eigenvalue weighted by molar-refractivity contribution is -0.136. The Morgan fingerprint density at radius 3 is 2.82 bits per heavy atom. The molecule has 6 nitrogen and oxygen atoms in total. The number of thioether (sulfide) groups is 1. The highest BCUT2D eigenvalue weighted by molar-refractivity contribution is 8.01. The summed E-state index contributed by atoms with van der Waals surface area (Å²) in [6.45, 7) is 3.63. The molecule has 2 saturated heterocycles. The standard InChI is InChI=1S/C15H20N4O2S/c1-15(11-5-3-2-4-6-11)14-19(13(21)10-22-14)8-7-18(15)9-12(20)17-16/h2-6,14H,7-10,16H2,1H3,(H,17,20)/t14-,15-/m0/s1. The number of fused-ring (bicyclic) bond motifs is 1. The Morgan fingerprint density at radius 2 is 2.14 bits per heavy atom. The lowest BCUT2D eigenvalue weighted by atomic mass is 9.87. The van der Waals surface area contributed by atoms with Gasteiger partial charge in [0.15, 0.2) is 0 Å². The number of carbonyl (C=O) groups is 2. The van der Waals surface area contributed by atoms with Crippen LogP contribution in [0.4, 0.5) is 0 Å². The van der Waals surface area contributed by atoms with Gasteiger partial charge < -0.3 is 4.90 Å². The van der Waals surface area contributed by atoms with E-state index in [1.54, 1.807) is 11.8 Å². The van der Waals surface area contributed by atoms with Crippen molar-refractivity contribution in [2.45, 2.75) is 17.8 Å². The lowest BCUT2D eigenvalue weighted by Gasteiger charge is -2.52. The summed E-state index contributed by atoms with van der Waals surface area (Å²) in [5, 5.41) is 0.0155. The number of hydrazine groups is 1. The summed E-state index contributed by atoms with van der Waals surface area (Å²) in [6, 6.07) is 10.1. The molecule has 0 saturated carbocycles. The maximum Gasteiger partial charge on any atom is 0.248 e. The molecule has 0 aromatic heterocycles. The first kappa shape index (κ1) is 15.3. The minimum atomic E-state index is -0.414. The molecular formula is C15H20N4O2S. The van der Waals surface area contributed by atoms with Gasteiger partial charge in [0.05, 0.1) is 17.8 Å². The molecule has 3 N–H and O–H groups in total. The van der Waals surface area contributed by atoms with E-state index in [1.807, 2.05) is 23.1 Å². The van der Waals surface area contributed by atoms with Gasteiger partial charge in [0, 0.05) is 13.1 Å². The van der Waals surface area contributed by atoms with Crippen LogP contribution in [0.5, 0.6) is 0 Å². The van der Waals surface area contributed by atoms with E-state index >= 15 is 0 Å². The van der Waals surface area contributed by atoms with E-state index in [9.17, 15) is 9.59 Å². The number of nitrogens with one attached hydrogen (secondary N) is 1. The quantitative estimate of drug-likeness (QED) is 0.469. The smallest absolute Gasteiger partial charge is 0.248 e. The lowest BCUT2D eigenvalue weighted by Crippen LogP contribution is -2.64. The van der Waals surface area contributed by atoms with Crippen LogP contribution in [0.1, 0.15) is 12.5 Å². The van der Waals surface area contributed by atoms with E-state index in [2.05, 4.69) is 29.4 Å². The Labute approximate surface area is 134 Å². The van der Waals surface area contributed by atoms with Gasteiger partial charge in [-0.05, 0) is 12.5 Å². The van der Waals surface area contributed by atoms with Gasteiger partial charge in [-0.2, -0.15) is 0 Å². The number of nitrogens with two attached hydrogens (primary N) is 1. The van der Waals surface area contributed by atoms with Crippen LogP contribution < -0.4 is 11.3 Å². The molecular weight excluding hydrogens is 300 g/mol. The average Bonchev–Trinajstić information content (AvgIpc) is 2.93. The maximum atomic E-state index is 12.1. The van der Waals surface area contributed by atoms with Gasteiger partial charge in [0.2, 0.25) is 11.8 Å². The van der Waals surface area contributed by atoms with Crippen LogP contribution in [0.25, 0.3) is 0 Å². The molecule has 2 amide bonds. The summed E-state index contributed by atoms with van der Waals surface area (Å²) in [5.41, 5.74) is 2.90. The highest BCUT2D eigenvalue weighted by atomic mass is 32.2. The van der Waals surface area contributed by atoms with Crippen molar-refractivity contribution < 1.29 is 9.59 Å². The first-order valence-corrected chi connectivity index (χ1v) is 8.33. The van der Waals surface area contributed by atoms with Crippen LogP contribution in [0.2, 0.25) is 0 Å². The molecule has 118 valence electrons. The Hall–Kier alpha value is -1.57. The van der Waals surface area contributed by atoms with Gasteiger partial charge in [0.25, 0.3) is 0 Å². The number of piperazine rings is 1. The second-order valence-corrected chi connectivity index (χ2v) is 6.82. The number of nitrogens with zero attached hydrogens (tertiary/aromatic N) is 2. The van der Waals surface area contributed by atoms with Gasteiger partial charge in [0.1, 0.15) is 5.37 Å². The van der Waals surface area contributed by atoms with E-state index in [0.29, 0.717) is 18.8 Å². The first-order valence-electron chi connectivity index (χ1n) is 7.28. The van der Waals surface area contributed by atoms with E-state index < -0.39 is 5.54 Å². The summed E-state index contributed by atoms with van der Waals surface area (Å²) >= 11 is 1.65. The summed E-state index contributed by atoms with van der Waals surface area (Å²) in [5.74, 6) is 5.72. The molecule has 0 unspecified atom stereocenters. The maximum absolute atomic E-state index is 12.1. The largest absolute Gasteiger partial charge is 0.326 e. The molecule has 2 aliphatic rings. The summed E-state index contributed by atoms with van der Waals surface area (Å²) < 4.78 is 0. The topological polar surface area (TPSA) is 78.7 Å². The Kier molecular flexibility index (Phi) is 4.12. The van der Waals surface area contributed by atoms with Crippen molar-refractivity contribution in [3.05, 3.63) is 35.9 Å². The summed E-state index contributed by atoms with van der Waals surface area (Å²) in [7, 11) is 0. The van der Waals surface area contributed by atoms with Crippen molar-refractivity contribution in [3.8, 4) is 0 Å². The first-order chi connectivity index (χ1) is 10.6. The van der Waals surface area contributed by atoms with Crippen LogP contribution in [0.15, 0.2) is 30.3 Å². The fraction of sp³-hybridized carbons (Fsp3) is 0.467. The minimum absolute atomic E-state index is 0.0155. The third-order valence-electron chi connectivity index (χ3n) is 4.57. The van der Waals surface area contributed by atoms with Gasteiger partial charge >= 0.3 is 0 Å². The van der Waals surface area contributed by atoms with Gasteiger partial charge in [-0.25, -0.2) is 5.84 Å². The van der Waals surface area contributed by atoms with Crippen molar-refractivity contribution in [1.29, 1.82) is 0 Å². The zero-order valence-corrected chi connectivity index (χ0v) is 13.3. The van der Waals surface area contributed by atoms with Crippen LogP contribution in [0, 0.1) is 0 Å². The molecule has 2 atom stereocenters. The number of hydrogen-bond acceptors (Lipinski definition) is 5. The average molecular weight is 320 g/mol.